The number of benzene rings is 4. The van der Waals surface area contributed by atoms with Crippen LogP contribution < -0.4 is 10.2 Å². The maximum Gasteiger partial charge on any atom is 2.00 e. The number of para-hydroxylation sites is 2. The van der Waals surface area contributed by atoms with Crippen molar-refractivity contribution < 1.29 is 37.1 Å². The topological polar surface area (TPSA) is 157 Å². The van der Waals surface area contributed by atoms with Gasteiger partial charge in [-0.2, -0.15) is 0 Å². The van der Waals surface area contributed by atoms with Crippen LogP contribution in [-0.2, 0) is 17.1 Å². The number of nitro benzene ring substituents is 2. The van der Waals surface area contributed by atoms with Gasteiger partial charge in [0.25, 0.3) is 11.4 Å². The van der Waals surface area contributed by atoms with Gasteiger partial charge in [-0.25, -0.2) is 0 Å². The molecular weight excluding hydrogens is 528 g/mol. The summed E-state index contributed by atoms with van der Waals surface area (Å²) in [6.07, 6.45) is 2.90. The van der Waals surface area contributed by atoms with Gasteiger partial charge in [0.05, 0.1) is 21.2 Å². The van der Waals surface area contributed by atoms with Gasteiger partial charge in [0.1, 0.15) is 0 Å². The summed E-state index contributed by atoms with van der Waals surface area (Å²) in [5.41, 5.74) is 2.11. The van der Waals surface area contributed by atoms with Crippen LogP contribution in [0.3, 0.4) is 0 Å². The van der Waals surface area contributed by atoms with Crippen molar-refractivity contribution in [2.75, 3.05) is 0 Å². The summed E-state index contributed by atoms with van der Waals surface area (Å²) >= 11 is 0. The van der Waals surface area contributed by atoms with Crippen molar-refractivity contribution in [3.05, 3.63) is 128 Å². The molecule has 10 nitrogen and oxygen atoms in total. The Morgan fingerprint density at radius 2 is 0.865 bits per heavy atom. The van der Waals surface area contributed by atoms with E-state index in [4.69, 9.17) is 0 Å². The summed E-state index contributed by atoms with van der Waals surface area (Å²) in [6.45, 7) is 0. The quantitative estimate of drug-likeness (QED) is 0.146. The van der Waals surface area contributed by atoms with Crippen LogP contribution in [-0.4, -0.2) is 22.3 Å². The van der Waals surface area contributed by atoms with Crippen molar-refractivity contribution in [3.8, 4) is 11.5 Å². The van der Waals surface area contributed by atoms with Gasteiger partial charge in [-0.05, 0) is 35.4 Å². The van der Waals surface area contributed by atoms with Crippen LogP contribution in [0.15, 0.2) is 107 Å². The zero-order valence-electron chi connectivity index (χ0n) is 18.9. The summed E-state index contributed by atoms with van der Waals surface area (Å²) in [6, 6.07) is 24.7. The molecular formula is C26H18CuN4O6. The van der Waals surface area contributed by atoms with Gasteiger partial charge in [0.15, 0.2) is 0 Å². The first kappa shape index (κ1) is 28.4. The fourth-order valence-electron chi connectivity index (χ4n) is 2.78. The third-order valence-corrected chi connectivity index (χ3v) is 4.66. The second-order valence-electron chi connectivity index (χ2n) is 7.14. The average molecular weight is 546 g/mol. The van der Waals surface area contributed by atoms with E-state index < -0.39 is 9.85 Å². The van der Waals surface area contributed by atoms with Gasteiger partial charge < -0.3 is 10.2 Å². The summed E-state index contributed by atoms with van der Waals surface area (Å²) in [5, 5.41) is 43.7. The molecule has 11 heteroatoms. The molecule has 0 bridgehead atoms. The van der Waals surface area contributed by atoms with Gasteiger partial charge in [0.2, 0.25) is 0 Å². The molecule has 4 aromatic rings. The molecule has 189 valence electrons. The van der Waals surface area contributed by atoms with Crippen molar-refractivity contribution in [1.29, 1.82) is 0 Å². The minimum atomic E-state index is -0.472. The fraction of sp³-hybridized carbons (Fsp3) is 0. The maximum atomic E-state index is 11.4. The molecule has 0 spiro atoms. The second-order valence-corrected chi connectivity index (χ2v) is 7.14. The average Bonchev–Trinajstić information content (AvgIpc) is 2.88. The molecule has 0 fully saturated rings. The van der Waals surface area contributed by atoms with Gasteiger partial charge in [-0.1, -0.05) is 48.5 Å². The van der Waals surface area contributed by atoms with E-state index >= 15 is 0 Å². The second kappa shape index (κ2) is 13.9. The third-order valence-electron chi connectivity index (χ3n) is 4.66. The first-order valence-electron chi connectivity index (χ1n) is 10.4. The Kier molecular flexibility index (Phi) is 10.6. The van der Waals surface area contributed by atoms with E-state index in [1.54, 1.807) is 36.4 Å². The van der Waals surface area contributed by atoms with Crippen LogP contribution in [0.5, 0.6) is 11.5 Å². The first-order valence-corrected chi connectivity index (χ1v) is 10.4. The van der Waals surface area contributed by atoms with E-state index in [1.807, 2.05) is 0 Å². The van der Waals surface area contributed by atoms with Gasteiger partial charge in [0, 0.05) is 36.7 Å². The third kappa shape index (κ3) is 8.70. The molecule has 0 aliphatic carbocycles. The zero-order chi connectivity index (χ0) is 25.9. The van der Waals surface area contributed by atoms with E-state index in [0.29, 0.717) is 22.5 Å². The fourth-order valence-corrected chi connectivity index (χ4v) is 2.78. The molecule has 0 aromatic heterocycles. The van der Waals surface area contributed by atoms with E-state index in [-0.39, 0.29) is 39.9 Å². The molecule has 4 rings (SSSR count). The standard InChI is InChI=1S/2C13H10N2O3.Cu/c2*16-13-4-2-1-3-10(13)9-14-11-5-7-12(8-6-11)15(17)18;/h2*1-9,16H;/q;;+2/p-2. The minimum Gasteiger partial charge on any atom is -0.872 e. The predicted molar refractivity (Wildman–Crippen MR) is 132 cm³/mol. The normalized spacial score (nSPS) is 10.4. The maximum absolute atomic E-state index is 11.4. The zero-order valence-corrected chi connectivity index (χ0v) is 19.9. The van der Waals surface area contributed by atoms with E-state index in [9.17, 15) is 30.4 Å². The molecule has 0 N–H and O–H groups in total. The summed E-state index contributed by atoms with van der Waals surface area (Å²) in [5.74, 6) is -0.216. The van der Waals surface area contributed by atoms with Crippen molar-refractivity contribution in [2.24, 2.45) is 9.98 Å². The Hall–Kier alpha value is -4.86. The van der Waals surface area contributed by atoms with Gasteiger partial charge >= 0.3 is 17.1 Å². The molecule has 0 aliphatic rings. The van der Waals surface area contributed by atoms with Gasteiger partial charge in [-0.15, -0.1) is 11.5 Å². The van der Waals surface area contributed by atoms with Crippen molar-refractivity contribution in [1.82, 2.24) is 0 Å². The molecule has 0 saturated carbocycles. The molecule has 0 amide bonds. The van der Waals surface area contributed by atoms with E-state index in [0.717, 1.165) is 0 Å². The predicted octanol–water partition coefficient (Wildman–Crippen LogP) is 4.84. The van der Waals surface area contributed by atoms with Crippen LogP contribution in [0, 0.1) is 20.2 Å². The number of hydrogen-bond acceptors (Lipinski definition) is 8. The Bertz CT molecular complexity index is 1300. The van der Waals surface area contributed by atoms with Crippen LogP contribution in [0.1, 0.15) is 11.1 Å². The molecule has 4 aromatic carbocycles. The summed E-state index contributed by atoms with van der Waals surface area (Å²) in [7, 11) is 0. The summed E-state index contributed by atoms with van der Waals surface area (Å²) < 4.78 is 0. The van der Waals surface area contributed by atoms with Crippen LogP contribution in [0.4, 0.5) is 22.7 Å². The van der Waals surface area contributed by atoms with Crippen LogP contribution in [0.25, 0.3) is 0 Å². The molecule has 0 unspecified atom stereocenters. The molecule has 0 saturated heterocycles. The van der Waals surface area contributed by atoms with E-state index in [1.165, 1.54) is 73.1 Å². The first-order chi connectivity index (χ1) is 17.3. The number of nitrogens with zero attached hydrogens (tertiary/aromatic N) is 4. The Labute approximate surface area is 222 Å². The Balaban J connectivity index is 0.000000253. The molecule has 0 aliphatic heterocycles. The SMILES string of the molecule is O=[N+]([O-])c1ccc(N=Cc2ccccc2[O-])cc1.O=[N+]([O-])c1ccc(N=Cc2ccccc2[O-])cc1.[Cu+2]. The monoisotopic (exact) mass is 545 g/mol. The molecule has 0 heterocycles. The summed E-state index contributed by atoms with van der Waals surface area (Å²) in [4.78, 5) is 28.2. The number of rotatable bonds is 6. The number of nitro groups is 2. The van der Waals surface area contributed by atoms with Crippen molar-refractivity contribution in [3.63, 3.8) is 0 Å². The number of hydrogen-bond donors (Lipinski definition) is 0. The Morgan fingerprint density at radius 3 is 1.16 bits per heavy atom. The number of non-ortho nitro benzene ring substituents is 2. The van der Waals surface area contributed by atoms with Crippen molar-refractivity contribution >= 4 is 35.2 Å². The Morgan fingerprint density at radius 1 is 0.541 bits per heavy atom. The molecule has 37 heavy (non-hydrogen) atoms. The van der Waals surface area contributed by atoms with E-state index in [2.05, 4.69) is 9.98 Å². The van der Waals surface area contributed by atoms with Crippen LogP contribution in [0.2, 0.25) is 0 Å². The molecule has 1 radical (unpaired) electrons. The molecule has 0 atom stereocenters. The largest absolute Gasteiger partial charge is 2.00 e. The number of aliphatic imine (C=N–C) groups is 2. The van der Waals surface area contributed by atoms with Gasteiger partial charge in [-0.3, -0.25) is 30.2 Å². The smallest absolute Gasteiger partial charge is 0.872 e. The minimum absolute atomic E-state index is 0. The van der Waals surface area contributed by atoms with Crippen molar-refractivity contribution in [2.45, 2.75) is 0 Å². The van der Waals surface area contributed by atoms with Crippen LogP contribution >= 0.6 is 0 Å².